The summed E-state index contributed by atoms with van der Waals surface area (Å²) in [6.45, 7) is 1.93. The Balaban J connectivity index is 1.62. The highest BCUT2D eigenvalue weighted by Gasteiger charge is 2.29. The summed E-state index contributed by atoms with van der Waals surface area (Å²) in [6, 6.07) is 11.5. The second-order valence-corrected chi connectivity index (χ2v) is 11.0. The highest BCUT2D eigenvalue weighted by Crippen LogP contribution is 2.34. The summed E-state index contributed by atoms with van der Waals surface area (Å²) in [6.07, 6.45) is 2.88. The largest absolute Gasteiger partial charge is 0.495 e. The first-order valence-electron chi connectivity index (χ1n) is 14.2. The van der Waals surface area contributed by atoms with Crippen LogP contribution in [0.1, 0.15) is 54.6 Å². The van der Waals surface area contributed by atoms with Gasteiger partial charge in [-0.1, -0.05) is 11.6 Å². The SMILES string of the molecule is COc1cn(C(C[C@@H]2CCCCO2)C(=O)Nc2ccc(C(=O)OC(C)[C@H](N)C(=O)O)cc2)c(=O)cc1-c1cc(Cl)ccc1C#N. The predicted octanol–water partition coefficient (Wildman–Crippen LogP) is 4.15. The van der Waals surface area contributed by atoms with Gasteiger partial charge in [0.1, 0.15) is 23.9 Å². The minimum Gasteiger partial charge on any atom is -0.495 e. The van der Waals surface area contributed by atoms with Crippen LogP contribution in [0.25, 0.3) is 11.1 Å². The van der Waals surface area contributed by atoms with Crippen molar-refractivity contribution in [1.82, 2.24) is 4.57 Å². The van der Waals surface area contributed by atoms with Gasteiger partial charge in [-0.3, -0.25) is 19.0 Å². The van der Waals surface area contributed by atoms with Crippen molar-refractivity contribution >= 4 is 35.1 Å². The van der Waals surface area contributed by atoms with Gasteiger partial charge in [-0.25, -0.2) is 4.79 Å². The topological polar surface area (TPSA) is 183 Å². The monoisotopic (exact) mass is 636 g/mol. The average molecular weight is 637 g/mol. The molecule has 45 heavy (non-hydrogen) atoms. The number of nitriles is 1. The number of pyridine rings is 1. The lowest BCUT2D eigenvalue weighted by Gasteiger charge is -2.28. The molecule has 236 valence electrons. The fourth-order valence-corrected chi connectivity index (χ4v) is 5.17. The Labute approximate surface area is 264 Å². The molecule has 0 bridgehead atoms. The Kier molecular flexibility index (Phi) is 11.0. The molecule has 0 spiro atoms. The minimum absolute atomic E-state index is 0.124. The molecule has 0 radical (unpaired) electrons. The van der Waals surface area contributed by atoms with Crippen LogP contribution in [-0.4, -0.2) is 59.5 Å². The second-order valence-electron chi connectivity index (χ2n) is 10.6. The number of aliphatic carboxylic acids is 1. The first-order valence-corrected chi connectivity index (χ1v) is 14.6. The number of carboxylic acids is 1. The molecule has 0 saturated carbocycles. The Morgan fingerprint density at radius 2 is 1.91 bits per heavy atom. The summed E-state index contributed by atoms with van der Waals surface area (Å²) < 4.78 is 17.9. The van der Waals surface area contributed by atoms with Gasteiger partial charge in [-0.15, -0.1) is 0 Å². The van der Waals surface area contributed by atoms with Crippen LogP contribution in [0, 0.1) is 11.3 Å². The van der Waals surface area contributed by atoms with Crippen molar-refractivity contribution in [3.8, 4) is 22.9 Å². The molecule has 1 saturated heterocycles. The van der Waals surface area contributed by atoms with Gasteiger partial charge in [-0.05, 0) is 68.7 Å². The quantitative estimate of drug-likeness (QED) is 0.258. The zero-order valence-electron chi connectivity index (χ0n) is 24.7. The molecule has 2 heterocycles. The number of hydrogen-bond donors (Lipinski definition) is 3. The number of nitrogens with zero attached hydrogens (tertiary/aromatic N) is 2. The van der Waals surface area contributed by atoms with E-state index >= 15 is 0 Å². The fourth-order valence-electron chi connectivity index (χ4n) is 5.00. The van der Waals surface area contributed by atoms with E-state index in [1.54, 1.807) is 18.2 Å². The van der Waals surface area contributed by atoms with Crippen LogP contribution >= 0.6 is 11.6 Å². The lowest BCUT2D eigenvalue weighted by molar-refractivity contribution is -0.141. The molecule has 2 unspecified atom stereocenters. The number of carboxylic acid groups (broad SMARTS) is 1. The fraction of sp³-hybridized carbons (Fsp3) is 0.344. The number of nitrogens with one attached hydrogen (secondary N) is 1. The van der Waals surface area contributed by atoms with Crippen LogP contribution in [0.2, 0.25) is 5.02 Å². The van der Waals surface area contributed by atoms with E-state index in [0.717, 1.165) is 19.3 Å². The lowest BCUT2D eigenvalue weighted by Crippen LogP contribution is -2.42. The van der Waals surface area contributed by atoms with Crippen LogP contribution < -0.4 is 21.3 Å². The van der Waals surface area contributed by atoms with E-state index in [1.807, 2.05) is 0 Å². The number of methoxy groups -OCH3 is 1. The van der Waals surface area contributed by atoms with E-state index < -0.39 is 41.6 Å². The van der Waals surface area contributed by atoms with E-state index in [4.69, 9.17) is 36.7 Å². The minimum atomic E-state index is -1.38. The molecule has 0 aliphatic carbocycles. The summed E-state index contributed by atoms with van der Waals surface area (Å²) in [5, 5.41) is 21.8. The van der Waals surface area contributed by atoms with Crippen LogP contribution in [0.4, 0.5) is 5.69 Å². The summed E-state index contributed by atoms with van der Waals surface area (Å²) in [5.41, 5.74) is 6.54. The van der Waals surface area contributed by atoms with Gasteiger partial charge < -0.3 is 30.4 Å². The Morgan fingerprint density at radius 3 is 2.53 bits per heavy atom. The molecular weight excluding hydrogens is 604 g/mol. The number of aromatic nitrogens is 1. The number of esters is 1. The second kappa shape index (κ2) is 14.9. The van der Waals surface area contributed by atoms with Crippen molar-refractivity contribution in [2.75, 3.05) is 19.0 Å². The number of hydrogen-bond acceptors (Lipinski definition) is 9. The lowest BCUT2D eigenvalue weighted by atomic mass is 9.99. The summed E-state index contributed by atoms with van der Waals surface area (Å²) in [5.74, 6) is -2.32. The maximum atomic E-state index is 13.8. The number of carbonyl (C=O) groups excluding carboxylic acids is 2. The number of benzene rings is 2. The number of anilines is 1. The molecular formula is C32H33ClN4O8. The number of amides is 1. The zero-order valence-corrected chi connectivity index (χ0v) is 25.5. The number of carbonyl (C=O) groups is 3. The normalized spacial score (nSPS) is 16.5. The van der Waals surface area contributed by atoms with E-state index in [2.05, 4.69) is 11.4 Å². The van der Waals surface area contributed by atoms with Gasteiger partial charge in [0.15, 0.2) is 0 Å². The maximum Gasteiger partial charge on any atom is 0.338 e. The Hall–Kier alpha value is -4.70. The third kappa shape index (κ3) is 8.07. The zero-order chi connectivity index (χ0) is 32.7. The molecule has 1 aliphatic rings. The average Bonchev–Trinajstić information content (AvgIpc) is 3.03. The van der Waals surface area contributed by atoms with E-state index in [-0.39, 0.29) is 23.8 Å². The van der Waals surface area contributed by atoms with Crippen LogP contribution in [0.3, 0.4) is 0 Å². The van der Waals surface area contributed by atoms with Gasteiger partial charge in [0.2, 0.25) is 5.91 Å². The molecule has 13 heteroatoms. The highest BCUT2D eigenvalue weighted by molar-refractivity contribution is 6.31. The molecule has 1 fully saturated rings. The molecule has 1 amide bonds. The third-order valence-corrected chi connectivity index (χ3v) is 7.76. The van der Waals surface area contributed by atoms with Crippen molar-refractivity contribution in [2.45, 2.75) is 56.9 Å². The number of halogens is 1. The molecule has 1 aliphatic heterocycles. The van der Waals surface area contributed by atoms with Gasteiger partial charge in [-0.2, -0.15) is 5.26 Å². The molecule has 12 nitrogen and oxygen atoms in total. The Morgan fingerprint density at radius 1 is 1.18 bits per heavy atom. The first-order chi connectivity index (χ1) is 21.5. The Bertz CT molecular complexity index is 1660. The predicted molar refractivity (Wildman–Crippen MR) is 165 cm³/mol. The van der Waals surface area contributed by atoms with Gasteiger partial charge in [0.25, 0.3) is 5.56 Å². The van der Waals surface area contributed by atoms with Crippen LogP contribution in [0.5, 0.6) is 5.75 Å². The summed E-state index contributed by atoms with van der Waals surface area (Å²) >= 11 is 6.19. The van der Waals surface area contributed by atoms with E-state index in [1.165, 1.54) is 55.1 Å². The highest BCUT2D eigenvalue weighted by atomic mass is 35.5. The van der Waals surface area contributed by atoms with Crippen LogP contribution in [0.15, 0.2) is 59.5 Å². The first kappa shape index (κ1) is 33.2. The van der Waals surface area contributed by atoms with Gasteiger partial charge in [0, 0.05) is 40.9 Å². The molecule has 4 atom stereocenters. The summed E-state index contributed by atoms with van der Waals surface area (Å²) in [7, 11) is 1.42. The van der Waals surface area contributed by atoms with Crippen LogP contribution in [-0.2, 0) is 19.1 Å². The molecule has 2 aromatic carbocycles. The van der Waals surface area contributed by atoms with Gasteiger partial charge in [0.05, 0.1) is 36.6 Å². The van der Waals surface area contributed by atoms with Crippen molar-refractivity contribution < 1.29 is 33.7 Å². The van der Waals surface area contributed by atoms with E-state index in [0.29, 0.717) is 34.0 Å². The van der Waals surface area contributed by atoms with Crippen molar-refractivity contribution in [3.05, 3.63) is 81.2 Å². The van der Waals surface area contributed by atoms with Crippen molar-refractivity contribution in [1.29, 1.82) is 5.26 Å². The standard InChI is InChI=1S/C32H33ClN4O8/c1-18(29(35)31(40)41)45-32(42)19-7-10-22(11-8-19)36-30(39)26(14-23-5-3-4-12-44-23)37-17-27(43-2)25(15-28(37)38)24-13-21(33)9-6-20(24)16-34/h6-11,13,15,17-18,23,26,29H,3-5,12,14,35H2,1-2H3,(H,36,39)(H,40,41)/t18?,23-,26?,29-/m0/s1. The van der Waals surface area contributed by atoms with Crippen molar-refractivity contribution in [2.24, 2.45) is 5.73 Å². The van der Waals surface area contributed by atoms with Crippen molar-refractivity contribution in [3.63, 3.8) is 0 Å². The molecule has 3 aromatic rings. The summed E-state index contributed by atoms with van der Waals surface area (Å²) in [4.78, 5) is 50.9. The smallest absolute Gasteiger partial charge is 0.338 e. The molecule has 1 aromatic heterocycles. The third-order valence-electron chi connectivity index (χ3n) is 7.53. The number of nitrogens with two attached hydrogens (primary N) is 1. The van der Waals surface area contributed by atoms with Gasteiger partial charge >= 0.3 is 11.9 Å². The number of rotatable bonds is 11. The number of ether oxygens (including phenoxy) is 3. The van der Waals surface area contributed by atoms with E-state index in [9.17, 15) is 24.4 Å². The molecule has 4 rings (SSSR count). The maximum absolute atomic E-state index is 13.8. The molecule has 4 N–H and O–H groups in total.